The van der Waals surface area contributed by atoms with Crippen LogP contribution in [0.2, 0.25) is 0 Å². The van der Waals surface area contributed by atoms with Gasteiger partial charge in [-0.15, -0.1) is 0 Å². The smallest absolute Gasteiger partial charge is 0.222 e. The molecule has 0 spiro atoms. The summed E-state index contributed by atoms with van der Waals surface area (Å²) in [4.78, 5) is 18.6. The lowest BCUT2D eigenvalue weighted by Gasteiger charge is -2.07. The van der Waals surface area contributed by atoms with Crippen LogP contribution in [0, 0.1) is 5.82 Å². The van der Waals surface area contributed by atoms with E-state index in [4.69, 9.17) is 5.73 Å². The number of nitrogens with one attached hydrogen (secondary N) is 2. The molecule has 1 saturated carbocycles. The highest BCUT2D eigenvalue weighted by molar-refractivity contribution is 5.76. The van der Waals surface area contributed by atoms with E-state index in [1.165, 1.54) is 0 Å². The molecular weight excluding hydrogens is 237 g/mol. The number of nitrogens with two attached hydrogens (primary N) is 1. The summed E-state index contributed by atoms with van der Waals surface area (Å²) in [6, 6.07) is 0.379. The Balaban J connectivity index is 1.67. The summed E-state index contributed by atoms with van der Waals surface area (Å²) in [5.74, 6) is -0.413. The van der Waals surface area contributed by atoms with Crippen LogP contribution in [0.15, 0.2) is 6.20 Å². The molecular formula is C11H16FN5O. The van der Waals surface area contributed by atoms with Gasteiger partial charge in [0, 0.05) is 19.0 Å². The number of hydrogen-bond donors (Lipinski definition) is 3. The molecule has 1 fully saturated rings. The molecule has 0 unspecified atom stereocenters. The predicted octanol–water partition coefficient (Wildman–Crippen LogP) is 0.669. The Bertz CT molecular complexity index is 435. The van der Waals surface area contributed by atoms with Gasteiger partial charge in [-0.3, -0.25) is 4.79 Å². The van der Waals surface area contributed by atoms with E-state index >= 15 is 0 Å². The van der Waals surface area contributed by atoms with Crippen LogP contribution in [-0.2, 0) is 4.79 Å². The number of halogens is 1. The molecule has 4 N–H and O–H groups in total. The number of rotatable bonds is 6. The van der Waals surface area contributed by atoms with E-state index in [2.05, 4.69) is 20.6 Å². The summed E-state index contributed by atoms with van der Waals surface area (Å²) in [7, 11) is 0. The van der Waals surface area contributed by atoms with Gasteiger partial charge in [0.1, 0.15) is 0 Å². The van der Waals surface area contributed by atoms with Crippen molar-refractivity contribution in [3.05, 3.63) is 12.0 Å². The largest absolute Gasteiger partial charge is 0.368 e. The first kappa shape index (κ1) is 12.5. The number of nitrogen functional groups attached to an aromatic ring is 1. The van der Waals surface area contributed by atoms with Crippen molar-refractivity contribution in [3.63, 3.8) is 0 Å². The van der Waals surface area contributed by atoms with Crippen LogP contribution in [-0.4, -0.2) is 28.5 Å². The van der Waals surface area contributed by atoms with Gasteiger partial charge < -0.3 is 16.4 Å². The SMILES string of the molecule is Nc1ncc(F)c(NCCCC(=O)NC2CC2)n1. The molecule has 1 amide bonds. The molecule has 6 nitrogen and oxygen atoms in total. The zero-order valence-corrected chi connectivity index (χ0v) is 9.95. The Labute approximate surface area is 104 Å². The molecule has 0 aliphatic heterocycles. The molecule has 0 aromatic carbocycles. The van der Waals surface area contributed by atoms with E-state index in [9.17, 15) is 9.18 Å². The van der Waals surface area contributed by atoms with E-state index in [0.717, 1.165) is 19.0 Å². The predicted molar refractivity (Wildman–Crippen MR) is 65.3 cm³/mol. The Hall–Kier alpha value is -1.92. The number of carbonyl (C=O) groups is 1. The third kappa shape index (κ3) is 3.83. The second kappa shape index (κ2) is 5.61. The highest BCUT2D eigenvalue weighted by Gasteiger charge is 2.22. The normalized spacial score (nSPS) is 14.3. The maximum Gasteiger partial charge on any atom is 0.222 e. The maximum absolute atomic E-state index is 13.2. The van der Waals surface area contributed by atoms with Crippen LogP contribution in [0.1, 0.15) is 25.7 Å². The van der Waals surface area contributed by atoms with Gasteiger partial charge >= 0.3 is 0 Å². The van der Waals surface area contributed by atoms with Gasteiger partial charge in [-0.25, -0.2) is 9.37 Å². The average Bonchev–Trinajstić information content (AvgIpc) is 3.13. The first-order valence-corrected chi connectivity index (χ1v) is 5.96. The molecule has 1 aromatic rings. The van der Waals surface area contributed by atoms with Gasteiger partial charge in [0.2, 0.25) is 11.9 Å². The number of anilines is 2. The Morgan fingerprint density at radius 2 is 2.33 bits per heavy atom. The first-order chi connectivity index (χ1) is 8.65. The van der Waals surface area contributed by atoms with Crippen molar-refractivity contribution in [3.8, 4) is 0 Å². The van der Waals surface area contributed by atoms with Crippen LogP contribution in [0.5, 0.6) is 0 Å². The van der Waals surface area contributed by atoms with Crippen molar-refractivity contribution in [1.82, 2.24) is 15.3 Å². The number of hydrogen-bond acceptors (Lipinski definition) is 5. The molecule has 1 aliphatic rings. The molecule has 0 saturated heterocycles. The monoisotopic (exact) mass is 253 g/mol. The van der Waals surface area contributed by atoms with Gasteiger partial charge in [0.15, 0.2) is 11.6 Å². The topological polar surface area (TPSA) is 92.9 Å². The van der Waals surface area contributed by atoms with Crippen LogP contribution in [0.3, 0.4) is 0 Å². The van der Waals surface area contributed by atoms with Gasteiger partial charge in [-0.05, 0) is 19.3 Å². The van der Waals surface area contributed by atoms with Crippen molar-refractivity contribution < 1.29 is 9.18 Å². The van der Waals surface area contributed by atoms with Crippen LogP contribution in [0.4, 0.5) is 16.2 Å². The van der Waals surface area contributed by atoms with E-state index in [1.54, 1.807) is 0 Å². The number of aromatic nitrogens is 2. The van der Waals surface area contributed by atoms with Gasteiger partial charge in [-0.2, -0.15) is 4.98 Å². The van der Waals surface area contributed by atoms with Gasteiger partial charge in [0.05, 0.1) is 6.20 Å². The lowest BCUT2D eigenvalue weighted by atomic mass is 10.3. The zero-order valence-electron chi connectivity index (χ0n) is 9.95. The molecule has 18 heavy (non-hydrogen) atoms. The summed E-state index contributed by atoms with van der Waals surface area (Å²) < 4.78 is 13.2. The van der Waals surface area contributed by atoms with E-state index < -0.39 is 5.82 Å². The Kier molecular flexibility index (Phi) is 3.91. The van der Waals surface area contributed by atoms with Crippen molar-refractivity contribution in [2.24, 2.45) is 0 Å². The second-order valence-corrected chi connectivity index (χ2v) is 4.30. The fourth-order valence-corrected chi connectivity index (χ4v) is 1.49. The maximum atomic E-state index is 13.2. The van der Waals surface area contributed by atoms with E-state index in [0.29, 0.717) is 25.4 Å². The number of nitrogens with zero attached hydrogens (tertiary/aromatic N) is 2. The average molecular weight is 253 g/mol. The summed E-state index contributed by atoms with van der Waals surface area (Å²) in [5.41, 5.74) is 5.35. The minimum atomic E-state index is -0.549. The Morgan fingerprint density at radius 3 is 3.06 bits per heavy atom. The molecule has 1 aromatic heterocycles. The second-order valence-electron chi connectivity index (χ2n) is 4.30. The van der Waals surface area contributed by atoms with E-state index in [1.807, 2.05) is 0 Å². The van der Waals surface area contributed by atoms with E-state index in [-0.39, 0.29) is 17.7 Å². The van der Waals surface area contributed by atoms with Crippen molar-refractivity contribution in [2.75, 3.05) is 17.6 Å². The van der Waals surface area contributed by atoms with Gasteiger partial charge in [-0.1, -0.05) is 0 Å². The quantitative estimate of drug-likeness (QED) is 0.648. The molecule has 1 aliphatic carbocycles. The molecule has 1 heterocycles. The number of amides is 1. The van der Waals surface area contributed by atoms with Crippen LogP contribution >= 0.6 is 0 Å². The number of carbonyl (C=O) groups excluding carboxylic acids is 1. The summed E-state index contributed by atoms with van der Waals surface area (Å²) in [5, 5.41) is 5.68. The molecule has 0 atom stereocenters. The van der Waals surface area contributed by atoms with Crippen LogP contribution in [0.25, 0.3) is 0 Å². The summed E-state index contributed by atoms with van der Waals surface area (Å²) in [6.07, 6.45) is 4.21. The first-order valence-electron chi connectivity index (χ1n) is 5.96. The third-order valence-corrected chi connectivity index (χ3v) is 2.58. The molecule has 7 heteroatoms. The molecule has 2 rings (SSSR count). The lowest BCUT2D eigenvalue weighted by Crippen LogP contribution is -2.25. The van der Waals surface area contributed by atoms with Crippen molar-refractivity contribution in [2.45, 2.75) is 31.7 Å². The summed E-state index contributed by atoms with van der Waals surface area (Å²) >= 11 is 0. The minimum absolute atomic E-state index is 0.0189. The van der Waals surface area contributed by atoms with Crippen LogP contribution < -0.4 is 16.4 Å². The zero-order chi connectivity index (χ0) is 13.0. The third-order valence-electron chi connectivity index (χ3n) is 2.58. The Morgan fingerprint density at radius 1 is 1.56 bits per heavy atom. The summed E-state index contributed by atoms with van der Waals surface area (Å²) in [6.45, 7) is 0.464. The minimum Gasteiger partial charge on any atom is -0.368 e. The fourth-order valence-electron chi connectivity index (χ4n) is 1.49. The van der Waals surface area contributed by atoms with Crippen molar-refractivity contribution >= 4 is 17.7 Å². The fraction of sp³-hybridized carbons (Fsp3) is 0.545. The standard InChI is InChI=1S/C11H16FN5O/c12-8-6-15-11(13)17-10(8)14-5-1-2-9(18)16-7-3-4-7/h6-7H,1-5H2,(H,16,18)(H3,13,14,15,17). The van der Waals surface area contributed by atoms with Gasteiger partial charge in [0.25, 0.3) is 0 Å². The molecule has 0 bridgehead atoms. The molecule has 0 radical (unpaired) electrons. The van der Waals surface area contributed by atoms with Crippen molar-refractivity contribution in [1.29, 1.82) is 0 Å². The lowest BCUT2D eigenvalue weighted by molar-refractivity contribution is -0.121. The highest BCUT2D eigenvalue weighted by atomic mass is 19.1. The molecule has 98 valence electrons. The highest BCUT2D eigenvalue weighted by Crippen LogP contribution is 2.18.